The summed E-state index contributed by atoms with van der Waals surface area (Å²) in [5.41, 5.74) is 7.43. The van der Waals surface area contributed by atoms with Crippen LogP contribution in [0.1, 0.15) is 44.1 Å². The van der Waals surface area contributed by atoms with Gasteiger partial charge in [-0.25, -0.2) is 4.39 Å². The van der Waals surface area contributed by atoms with Gasteiger partial charge in [-0.05, 0) is 42.9 Å². The summed E-state index contributed by atoms with van der Waals surface area (Å²) in [6, 6.07) is 7.34. The van der Waals surface area contributed by atoms with E-state index in [0.717, 1.165) is 12.0 Å². The number of rotatable bonds is 2. The second-order valence-electron chi connectivity index (χ2n) is 5.70. The smallest absolute Gasteiger partial charge is 0.123 e. The van der Waals surface area contributed by atoms with Crippen LogP contribution in [-0.2, 0) is 5.41 Å². The van der Waals surface area contributed by atoms with Crippen molar-refractivity contribution in [3.05, 3.63) is 35.6 Å². The lowest BCUT2D eigenvalue weighted by molar-refractivity contribution is 0.283. The minimum Gasteiger partial charge on any atom is -0.327 e. The van der Waals surface area contributed by atoms with Crippen LogP contribution < -0.4 is 5.73 Å². The summed E-state index contributed by atoms with van der Waals surface area (Å²) < 4.78 is 13.4. The molecular weight excluding hydrogens is 213 g/mol. The van der Waals surface area contributed by atoms with E-state index in [1.807, 2.05) is 6.07 Å². The zero-order chi connectivity index (χ0) is 11.9. The summed E-state index contributed by atoms with van der Waals surface area (Å²) in [6.07, 6.45) is 7.56. The molecule has 92 valence electrons. The van der Waals surface area contributed by atoms with Gasteiger partial charge in [-0.1, -0.05) is 31.4 Å². The third kappa shape index (κ3) is 1.79. The first-order chi connectivity index (χ1) is 8.23. The first kappa shape index (κ1) is 11.2. The van der Waals surface area contributed by atoms with Crippen molar-refractivity contribution < 1.29 is 4.39 Å². The van der Waals surface area contributed by atoms with Crippen molar-refractivity contribution in [2.45, 2.75) is 50.0 Å². The molecule has 0 amide bonds. The predicted octanol–water partition coefficient (Wildman–Crippen LogP) is 3.37. The molecule has 1 unspecified atom stereocenters. The first-order valence-corrected chi connectivity index (χ1v) is 6.75. The molecule has 2 atom stereocenters. The number of nitrogens with two attached hydrogens (primary N) is 1. The van der Waals surface area contributed by atoms with E-state index in [-0.39, 0.29) is 17.3 Å². The first-order valence-electron chi connectivity index (χ1n) is 6.75. The fourth-order valence-corrected chi connectivity index (χ4v) is 3.74. The van der Waals surface area contributed by atoms with Crippen molar-refractivity contribution in [3.63, 3.8) is 0 Å². The molecule has 0 bridgehead atoms. The third-order valence-corrected chi connectivity index (χ3v) is 4.75. The highest BCUT2D eigenvalue weighted by molar-refractivity contribution is 5.37. The highest BCUT2D eigenvalue weighted by Crippen LogP contribution is 2.56. The normalized spacial score (nSPS) is 33.6. The van der Waals surface area contributed by atoms with Crippen molar-refractivity contribution in [1.29, 1.82) is 0 Å². The van der Waals surface area contributed by atoms with E-state index >= 15 is 0 Å². The number of benzene rings is 1. The number of hydrogen-bond donors (Lipinski definition) is 1. The Hall–Kier alpha value is -0.890. The van der Waals surface area contributed by atoms with E-state index < -0.39 is 0 Å². The van der Waals surface area contributed by atoms with Gasteiger partial charge in [0.1, 0.15) is 5.82 Å². The van der Waals surface area contributed by atoms with Gasteiger partial charge >= 0.3 is 0 Å². The van der Waals surface area contributed by atoms with Crippen LogP contribution in [0.2, 0.25) is 0 Å². The lowest BCUT2D eigenvalue weighted by atomic mass is 9.74. The Kier molecular flexibility index (Phi) is 2.70. The molecule has 0 aliphatic heterocycles. The van der Waals surface area contributed by atoms with Gasteiger partial charge in [-0.15, -0.1) is 0 Å². The average Bonchev–Trinajstić information content (AvgIpc) is 3.04. The topological polar surface area (TPSA) is 26.0 Å². The van der Waals surface area contributed by atoms with E-state index in [2.05, 4.69) is 6.07 Å². The minimum absolute atomic E-state index is 0.0997. The molecule has 2 aliphatic carbocycles. The Morgan fingerprint density at radius 1 is 1.18 bits per heavy atom. The molecule has 3 rings (SSSR count). The second-order valence-corrected chi connectivity index (χ2v) is 5.70. The zero-order valence-electron chi connectivity index (χ0n) is 10.2. The van der Waals surface area contributed by atoms with Crippen LogP contribution in [-0.4, -0.2) is 6.04 Å². The molecule has 1 aromatic rings. The van der Waals surface area contributed by atoms with Gasteiger partial charge in [-0.2, -0.15) is 0 Å². The molecule has 0 aromatic heterocycles. The quantitative estimate of drug-likeness (QED) is 0.832. The van der Waals surface area contributed by atoms with Crippen LogP contribution in [0.5, 0.6) is 0 Å². The maximum absolute atomic E-state index is 13.4. The van der Waals surface area contributed by atoms with Crippen LogP contribution in [0.3, 0.4) is 0 Å². The Labute approximate surface area is 102 Å². The molecule has 1 aromatic carbocycles. The summed E-state index contributed by atoms with van der Waals surface area (Å²) in [6.45, 7) is 0. The van der Waals surface area contributed by atoms with Gasteiger partial charge in [0, 0.05) is 11.5 Å². The molecule has 2 aliphatic rings. The van der Waals surface area contributed by atoms with E-state index in [4.69, 9.17) is 5.73 Å². The van der Waals surface area contributed by atoms with Crippen LogP contribution in [0.15, 0.2) is 24.3 Å². The Bertz CT molecular complexity index is 411. The van der Waals surface area contributed by atoms with Crippen molar-refractivity contribution in [3.8, 4) is 0 Å². The van der Waals surface area contributed by atoms with E-state index in [1.165, 1.54) is 38.2 Å². The zero-order valence-corrected chi connectivity index (χ0v) is 10.2. The predicted molar refractivity (Wildman–Crippen MR) is 67.2 cm³/mol. The summed E-state index contributed by atoms with van der Waals surface area (Å²) in [5, 5.41) is 0. The van der Waals surface area contributed by atoms with Crippen LogP contribution in [0.25, 0.3) is 0 Å². The second kappa shape index (κ2) is 4.09. The average molecular weight is 233 g/mol. The van der Waals surface area contributed by atoms with Crippen molar-refractivity contribution >= 4 is 0 Å². The van der Waals surface area contributed by atoms with Crippen molar-refractivity contribution in [1.82, 2.24) is 0 Å². The fourth-order valence-electron chi connectivity index (χ4n) is 3.74. The minimum atomic E-state index is -0.128. The molecule has 0 spiro atoms. The van der Waals surface area contributed by atoms with E-state index in [1.54, 1.807) is 6.07 Å². The summed E-state index contributed by atoms with van der Waals surface area (Å²) in [5.74, 6) is 0.546. The van der Waals surface area contributed by atoms with Gasteiger partial charge in [0.05, 0.1) is 0 Å². The molecule has 2 fully saturated rings. The lowest BCUT2D eigenvalue weighted by Crippen LogP contribution is -2.29. The third-order valence-electron chi connectivity index (χ3n) is 4.75. The Morgan fingerprint density at radius 2 is 1.88 bits per heavy atom. The molecule has 17 heavy (non-hydrogen) atoms. The Balaban J connectivity index is 1.92. The van der Waals surface area contributed by atoms with Crippen molar-refractivity contribution in [2.75, 3.05) is 0 Å². The maximum atomic E-state index is 13.4. The molecule has 1 nitrogen and oxygen atoms in total. The maximum Gasteiger partial charge on any atom is 0.123 e. The van der Waals surface area contributed by atoms with E-state index in [0.29, 0.717) is 5.92 Å². The summed E-state index contributed by atoms with van der Waals surface area (Å²) >= 11 is 0. The lowest BCUT2D eigenvalue weighted by Gasteiger charge is -2.31. The Morgan fingerprint density at radius 3 is 2.47 bits per heavy atom. The highest BCUT2D eigenvalue weighted by atomic mass is 19.1. The number of halogens is 1. The molecule has 2 saturated carbocycles. The van der Waals surface area contributed by atoms with Gasteiger partial charge < -0.3 is 5.73 Å². The largest absolute Gasteiger partial charge is 0.327 e. The molecule has 0 saturated heterocycles. The standard InChI is InChI=1S/C15H20FN/c16-13-8-4-7-12(9-13)15(10-14(15)17)11-5-2-1-3-6-11/h4,7-9,11,14H,1-3,5-6,10,17H2/t14-,15?/m1/s1. The fraction of sp³-hybridized carbons (Fsp3) is 0.600. The molecule has 0 radical (unpaired) electrons. The van der Waals surface area contributed by atoms with Crippen molar-refractivity contribution in [2.24, 2.45) is 11.7 Å². The summed E-state index contributed by atoms with van der Waals surface area (Å²) in [4.78, 5) is 0. The SMILES string of the molecule is N[C@@H]1CC1(c1cccc(F)c1)C1CCCCC1. The molecular formula is C15H20FN. The monoisotopic (exact) mass is 233 g/mol. The summed E-state index contributed by atoms with van der Waals surface area (Å²) in [7, 11) is 0. The van der Waals surface area contributed by atoms with Gasteiger partial charge in [0.2, 0.25) is 0 Å². The van der Waals surface area contributed by atoms with E-state index in [9.17, 15) is 4.39 Å². The van der Waals surface area contributed by atoms with Gasteiger partial charge in [0.15, 0.2) is 0 Å². The molecule has 0 heterocycles. The van der Waals surface area contributed by atoms with Crippen LogP contribution >= 0.6 is 0 Å². The van der Waals surface area contributed by atoms with Crippen LogP contribution in [0, 0.1) is 11.7 Å². The number of hydrogen-bond acceptors (Lipinski definition) is 1. The molecule has 2 N–H and O–H groups in total. The van der Waals surface area contributed by atoms with Gasteiger partial charge in [-0.3, -0.25) is 0 Å². The van der Waals surface area contributed by atoms with Gasteiger partial charge in [0.25, 0.3) is 0 Å². The molecule has 2 heteroatoms. The highest BCUT2D eigenvalue weighted by Gasteiger charge is 2.57. The van der Waals surface area contributed by atoms with Crippen LogP contribution in [0.4, 0.5) is 4.39 Å².